The minimum atomic E-state index is -0.203. The van der Waals surface area contributed by atoms with Crippen LogP contribution in [0.15, 0.2) is 67.0 Å². The first kappa shape index (κ1) is 29.6. The number of ether oxygens (including phenoxy) is 1. The lowest BCUT2D eigenvalue weighted by atomic mass is 10.0. The third-order valence-corrected chi connectivity index (χ3v) is 6.91. The number of carbonyl (C=O) groups is 1. The zero-order valence-electron chi connectivity index (χ0n) is 25.2. The Labute approximate surface area is 242 Å². The summed E-state index contributed by atoms with van der Waals surface area (Å²) < 4.78 is 7.87. The summed E-state index contributed by atoms with van der Waals surface area (Å²) in [6, 6.07) is 13.9. The standard InChI is InChI=1S/C32H41N7O2/c1-21(2)17-22(3)31(40)34-26-18-27(30(41-8)19-29(26)38(6)16-15-37(4)5)36-32-33-14-13-25(35-32)24-20-39(7)28-12-10-9-11-23(24)28/h9-14,18-21H,3,15-17H2,1-2,4-8H3,(H,34,40)(H,33,35,36). The van der Waals surface area contributed by atoms with Gasteiger partial charge in [-0.1, -0.05) is 38.6 Å². The van der Waals surface area contributed by atoms with E-state index in [0.717, 1.165) is 40.9 Å². The van der Waals surface area contributed by atoms with Crippen LogP contribution in [0.25, 0.3) is 22.2 Å². The van der Waals surface area contributed by atoms with Gasteiger partial charge in [-0.25, -0.2) is 9.97 Å². The van der Waals surface area contributed by atoms with E-state index < -0.39 is 0 Å². The number of para-hydroxylation sites is 1. The first-order chi connectivity index (χ1) is 19.6. The summed E-state index contributed by atoms with van der Waals surface area (Å²) in [5.74, 6) is 1.15. The van der Waals surface area contributed by atoms with E-state index in [2.05, 4.69) is 68.7 Å². The Bertz CT molecular complexity index is 1540. The number of likely N-dealkylation sites (N-methyl/N-ethyl adjacent to an activating group) is 2. The predicted molar refractivity (Wildman–Crippen MR) is 169 cm³/mol. The third-order valence-electron chi connectivity index (χ3n) is 6.91. The monoisotopic (exact) mass is 555 g/mol. The molecule has 0 aliphatic carbocycles. The molecule has 9 nitrogen and oxygen atoms in total. The molecule has 41 heavy (non-hydrogen) atoms. The van der Waals surface area contributed by atoms with Crippen LogP contribution in [0.2, 0.25) is 0 Å². The predicted octanol–water partition coefficient (Wildman–Crippen LogP) is 5.93. The first-order valence-corrected chi connectivity index (χ1v) is 13.8. The fourth-order valence-corrected chi connectivity index (χ4v) is 4.75. The number of nitrogens with zero attached hydrogens (tertiary/aromatic N) is 5. The van der Waals surface area contributed by atoms with Gasteiger partial charge in [0.15, 0.2) is 0 Å². The molecule has 0 spiro atoms. The molecule has 0 bridgehead atoms. The summed E-state index contributed by atoms with van der Waals surface area (Å²) in [5, 5.41) is 7.53. The van der Waals surface area contributed by atoms with Crippen LogP contribution in [0.4, 0.5) is 23.0 Å². The van der Waals surface area contributed by atoms with Gasteiger partial charge >= 0.3 is 0 Å². The van der Waals surface area contributed by atoms with Crippen molar-refractivity contribution in [1.29, 1.82) is 0 Å². The number of anilines is 4. The van der Waals surface area contributed by atoms with Crippen molar-refractivity contribution in [2.24, 2.45) is 13.0 Å². The summed E-state index contributed by atoms with van der Waals surface area (Å²) in [7, 11) is 9.72. The molecule has 1 amide bonds. The number of nitrogens with one attached hydrogen (secondary N) is 2. The smallest absolute Gasteiger partial charge is 0.251 e. The SMILES string of the molecule is C=C(CC(C)C)C(=O)Nc1cc(Nc2nccc(-c3cn(C)c4ccccc34)n2)c(OC)cc1N(C)CCN(C)C. The zero-order valence-corrected chi connectivity index (χ0v) is 25.2. The molecule has 2 aromatic carbocycles. The van der Waals surface area contributed by atoms with E-state index in [1.807, 2.05) is 58.5 Å². The summed E-state index contributed by atoms with van der Waals surface area (Å²) in [5.41, 5.74) is 5.62. The molecular weight excluding hydrogens is 514 g/mol. The number of methoxy groups -OCH3 is 1. The lowest BCUT2D eigenvalue weighted by Gasteiger charge is -2.26. The fraction of sp³-hybridized carbons (Fsp3) is 0.344. The van der Waals surface area contributed by atoms with Crippen molar-refractivity contribution in [2.75, 3.05) is 56.9 Å². The number of amides is 1. The summed E-state index contributed by atoms with van der Waals surface area (Å²) in [6.45, 7) is 9.76. The van der Waals surface area contributed by atoms with Crippen molar-refractivity contribution in [2.45, 2.75) is 20.3 Å². The second kappa shape index (κ2) is 12.9. The van der Waals surface area contributed by atoms with Crippen molar-refractivity contribution in [1.82, 2.24) is 19.4 Å². The normalized spacial score (nSPS) is 11.2. The van der Waals surface area contributed by atoms with Crippen molar-refractivity contribution in [3.8, 4) is 17.0 Å². The average Bonchev–Trinajstić information content (AvgIpc) is 3.28. The van der Waals surface area contributed by atoms with Gasteiger partial charge in [0.1, 0.15) is 5.75 Å². The highest BCUT2D eigenvalue weighted by Gasteiger charge is 2.19. The summed E-state index contributed by atoms with van der Waals surface area (Å²) >= 11 is 0. The van der Waals surface area contributed by atoms with E-state index in [-0.39, 0.29) is 5.91 Å². The zero-order chi connectivity index (χ0) is 29.7. The molecule has 4 rings (SSSR count). The van der Waals surface area contributed by atoms with Crippen LogP contribution in [0.5, 0.6) is 5.75 Å². The van der Waals surface area contributed by atoms with Crippen molar-refractivity contribution >= 4 is 39.8 Å². The second-order valence-corrected chi connectivity index (χ2v) is 11.0. The Morgan fingerprint density at radius 2 is 1.85 bits per heavy atom. The van der Waals surface area contributed by atoms with Crippen LogP contribution in [-0.2, 0) is 11.8 Å². The van der Waals surface area contributed by atoms with Crippen molar-refractivity contribution < 1.29 is 9.53 Å². The molecule has 2 heterocycles. The van der Waals surface area contributed by atoms with E-state index in [4.69, 9.17) is 9.72 Å². The second-order valence-electron chi connectivity index (χ2n) is 11.0. The van der Waals surface area contributed by atoms with E-state index in [1.165, 1.54) is 0 Å². The van der Waals surface area contributed by atoms with Gasteiger partial charge in [-0.2, -0.15) is 0 Å². The van der Waals surface area contributed by atoms with Gasteiger partial charge in [0.25, 0.3) is 5.91 Å². The maximum atomic E-state index is 13.1. The van der Waals surface area contributed by atoms with Gasteiger partial charge in [-0.15, -0.1) is 0 Å². The summed E-state index contributed by atoms with van der Waals surface area (Å²) in [6.07, 6.45) is 4.43. The molecule has 0 atom stereocenters. The number of carbonyl (C=O) groups excluding carboxylic acids is 1. The Morgan fingerprint density at radius 3 is 2.56 bits per heavy atom. The van der Waals surface area contributed by atoms with Crippen molar-refractivity contribution in [3.63, 3.8) is 0 Å². The maximum Gasteiger partial charge on any atom is 0.251 e. The number of aromatic nitrogens is 3. The topological polar surface area (TPSA) is 87.5 Å². The maximum absolute atomic E-state index is 13.1. The molecule has 0 aliphatic rings. The number of aryl methyl sites for hydroxylation is 1. The van der Waals surface area contributed by atoms with Gasteiger partial charge in [-0.3, -0.25) is 4.79 Å². The molecule has 0 radical (unpaired) electrons. The molecule has 2 aromatic heterocycles. The number of rotatable bonds is 12. The van der Waals surface area contributed by atoms with Crippen LogP contribution in [0, 0.1) is 5.92 Å². The van der Waals surface area contributed by atoms with Gasteiger partial charge < -0.3 is 29.7 Å². The van der Waals surface area contributed by atoms with Crippen LogP contribution >= 0.6 is 0 Å². The molecular formula is C32H41N7O2. The van der Waals surface area contributed by atoms with Crippen LogP contribution in [0.3, 0.4) is 0 Å². The molecule has 2 N–H and O–H groups in total. The molecule has 216 valence electrons. The number of fused-ring (bicyclic) bond motifs is 1. The highest BCUT2D eigenvalue weighted by atomic mass is 16.5. The third kappa shape index (κ3) is 7.05. The molecule has 9 heteroatoms. The molecule has 0 fully saturated rings. The minimum Gasteiger partial charge on any atom is -0.494 e. The highest BCUT2D eigenvalue weighted by molar-refractivity contribution is 6.05. The highest BCUT2D eigenvalue weighted by Crippen LogP contribution is 2.38. The lowest BCUT2D eigenvalue weighted by Crippen LogP contribution is -2.29. The first-order valence-electron chi connectivity index (χ1n) is 13.8. The Kier molecular flexibility index (Phi) is 9.29. The molecule has 0 unspecified atom stereocenters. The van der Waals surface area contributed by atoms with Gasteiger partial charge in [0.05, 0.1) is 29.9 Å². The average molecular weight is 556 g/mol. The lowest BCUT2D eigenvalue weighted by molar-refractivity contribution is -0.113. The molecule has 0 saturated carbocycles. The van der Waals surface area contributed by atoms with E-state index in [0.29, 0.717) is 41.0 Å². The quantitative estimate of drug-likeness (QED) is 0.210. The van der Waals surface area contributed by atoms with E-state index >= 15 is 0 Å². The number of hydrogen-bond acceptors (Lipinski definition) is 7. The number of hydrogen-bond donors (Lipinski definition) is 2. The van der Waals surface area contributed by atoms with Crippen LogP contribution < -0.4 is 20.3 Å². The van der Waals surface area contributed by atoms with E-state index in [9.17, 15) is 4.79 Å². The fourth-order valence-electron chi connectivity index (χ4n) is 4.75. The van der Waals surface area contributed by atoms with Crippen molar-refractivity contribution in [3.05, 3.63) is 67.0 Å². The summed E-state index contributed by atoms with van der Waals surface area (Å²) in [4.78, 5) is 26.6. The Balaban J connectivity index is 1.70. The van der Waals surface area contributed by atoms with Crippen LogP contribution in [0.1, 0.15) is 20.3 Å². The van der Waals surface area contributed by atoms with Crippen LogP contribution in [-0.4, -0.2) is 66.7 Å². The molecule has 4 aromatic rings. The Morgan fingerprint density at radius 1 is 1.10 bits per heavy atom. The van der Waals surface area contributed by atoms with Gasteiger partial charge in [-0.05, 0) is 44.6 Å². The number of benzene rings is 2. The Hall–Kier alpha value is -4.37. The largest absolute Gasteiger partial charge is 0.494 e. The van der Waals surface area contributed by atoms with Gasteiger partial charge in [0, 0.05) is 67.7 Å². The molecule has 0 aliphatic heterocycles. The van der Waals surface area contributed by atoms with E-state index in [1.54, 1.807) is 13.3 Å². The van der Waals surface area contributed by atoms with Gasteiger partial charge in [0.2, 0.25) is 5.95 Å². The minimum absolute atomic E-state index is 0.203. The molecule has 0 saturated heterocycles.